The van der Waals surface area contributed by atoms with E-state index in [1.807, 2.05) is 30.3 Å². The van der Waals surface area contributed by atoms with Gasteiger partial charge in [0.25, 0.3) is 0 Å². The molecule has 22 heavy (non-hydrogen) atoms. The summed E-state index contributed by atoms with van der Waals surface area (Å²) in [5.74, 6) is 0.670. The molecule has 1 amide bonds. The maximum absolute atomic E-state index is 11.8. The van der Waals surface area contributed by atoms with E-state index in [1.165, 1.54) is 32.1 Å². The molecule has 0 spiro atoms. The molecule has 0 unspecified atom stereocenters. The van der Waals surface area contributed by atoms with Crippen LogP contribution < -0.4 is 10.9 Å². The maximum Gasteiger partial charge on any atom is 0.421 e. The Labute approximate surface area is 133 Å². The topological polar surface area (TPSA) is 50.4 Å². The van der Waals surface area contributed by atoms with Gasteiger partial charge in [0.2, 0.25) is 0 Å². The van der Waals surface area contributed by atoms with Crippen LogP contribution in [0.4, 0.5) is 4.79 Å². The number of rotatable bonds is 7. The van der Waals surface area contributed by atoms with Crippen molar-refractivity contribution in [1.29, 1.82) is 0 Å². The third-order valence-electron chi connectivity index (χ3n) is 4.39. The van der Waals surface area contributed by atoms with Crippen molar-refractivity contribution in [2.75, 3.05) is 0 Å². The zero-order valence-corrected chi connectivity index (χ0v) is 13.5. The van der Waals surface area contributed by atoms with Crippen LogP contribution in [0.5, 0.6) is 0 Å². The van der Waals surface area contributed by atoms with Crippen LogP contribution in [0.2, 0.25) is 0 Å². The van der Waals surface area contributed by atoms with E-state index in [4.69, 9.17) is 4.74 Å². The predicted molar refractivity (Wildman–Crippen MR) is 88.2 cm³/mol. The van der Waals surface area contributed by atoms with Crippen molar-refractivity contribution < 1.29 is 9.53 Å². The van der Waals surface area contributed by atoms with Gasteiger partial charge in [-0.2, -0.15) is 0 Å². The molecule has 1 aliphatic rings. The number of carbonyl (C=O) groups is 1. The summed E-state index contributed by atoms with van der Waals surface area (Å²) in [5.41, 5.74) is 6.92. The highest BCUT2D eigenvalue weighted by molar-refractivity contribution is 5.66. The normalized spacial score (nSPS) is 17.0. The zero-order valence-electron chi connectivity index (χ0n) is 13.5. The minimum Gasteiger partial charge on any atom is -0.444 e. The number of hydrazine groups is 1. The van der Waals surface area contributed by atoms with Gasteiger partial charge in [0.1, 0.15) is 6.61 Å². The highest BCUT2D eigenvalue weighted by Crippen LogP contribution is 2.28. The van der Waals surface area contributed by atoms with Crippen molar-refractivity contribution in [2.45, 2.75) is 64.5 Å². The Bertz CT molecular complexity index is 430. The largest absolute Gasteiger partial charge is 0.444 e. The Morgan fingerprint density at radius 3 is 2.64 bits per heavy atom. The molecule has 2 rings (SSSR count). The van der Waals surface area contributed by atoms with Crippen molar-refractivity contribution in [3.05, 3.63) is 35.9 Å². The fourth-order valence-electron chi connectivity index (χ4n) is 3.18. The second-order valence-electron chi connectivity index (χ2n) is 6.12. The Hall–Kier alpha value is -1.55. The molecule has 122 valence electrons. The fourth-order valence-corrected chi connectivity index (χ4v) is 3.18. The first-order valence-corrected chi connectivity index (χ1v) is 8.52. The number of amides is 1. The van der Waals surface area contributed by atoms with Gasteiger partial charge >= 0.3 is 6.09 Å². The van der Waals surface area contributed by atoms with Gasteiger partial charge in [-0.25, -0.2) is 10.2 Å². The molecule has 0 aliphatic heterocycles. The van der Waals surface area contributed by atoms with E-state index in [9.17, 15) is 4.79 Å². The molecule has 4 nitrogen and oxygen atoms in total. The molecule has 1 saturated carbocycles. The molecule has 0 bridgehead atoms. The van der Waals surface area contributed by atoms with E-state index in [1.54, 1.807) is 0 Å². The predicted octanol–water partition coefficient (Wildman–Crippen LogP) is 4.17. The molecule has 1 aromatic carbocycles. The Morgan fingerprint density at radius 1 is 1.23 bits per heavy atom. The summed E-state index contributed by atoms with van der Waals surface area (Å²) in [4.78, 5) is 11.8. The lowest BCUT2D eigenvalue weighted by molar-refractivity contribution is 0.127. The lowest BCUT2D eigenvalue weighted by atomic mass is 9.82. The summed E-state index contributed by atoms with van der Waals surface area (Å²) in [5, 5.41) is 0. The summed E-state index contributed by atoms with van der Waals surface area (Å²) in [7, 11) is 0. The SMILES string of the molecule is CCC[C@@H](NNC(=O)OCc1ccccc1)C1CCCCC1. The lowest BCUT2D eigenvalue weighted by Gasteiger charge is -2.30. The summed E-state index contributed by atoms with van der Waals surface area (Å²) in [6.07, 6.45) is 8.30. The molecular formula is C18H28N2O2. The summed E-state index contributed by atoms with van der Waals surface area (Å²) in [6.45, 7) is 2.49. The van der Waals surface area contributed by atoms with Crippen LogP contribution >= 0.6 is 0 Å². The molecule has 0 aromatic heterocycles. The Morgan fingerprint density at radius 2 is 1.95 bits per heavy atom. The summed E-state index contributed by atoms with van der Waals surface area (Å²) < 4.78 is 5.23. The number of nitrogens with one attached hydrogen (secondary N) is 2. The van der Waals surface area contributed by atoms with Gasteiger partial charge in [-0.1, -0.05) is 62.9 Å². The first-order chi connectivity index (χ1) is 10.8. The number of benzene rings is 1. The third kappa shape index (κ3) is 5.68. The zero-order chi connectivity index (χ0) is 15.6. The van der Waals surface area contributed by atoms with E-state index < -0.39 is 6.09 Å². The van der Waals surface area contributed by atoms with Crippen molar-refractivity contribution in [1.82, 2.24) is 10.9 Å². The fraction of sp³-hybridized carbons (Fsp3) is 0.611. The van der Waals surface area contributed by atoms with Crippen LogP contribution in [0, 0.1) is 5.92 Å². The molecule has 1 atom stereocenters. The number of hydrogen-bond acceptors (Lipinski definition) is 3. The van der Waals surface area contributed by atoms with E-state index in [0.29, 0.717) is 18.6 Å². The molecule has 2 N–H and O–H groups in total. The van der Waals surface area contributed by atoms with E-state index in [0.717, 1.165) is 18.4 Å². The van der Waals surface area contributed by atoms with Crippen LogP contribution in [0.3, 0.4) is 0 Å². The monoisotopic (exact) mass is 304 g/mol. The smallest absolute Gasteiger partial charge is 0.421 e. The van der Waals surface area contributed by atoms with E-state index in [-0.39, 0.29) is 0 Å². The van der Waals surface area contributed by atoms with Crippen LogP contribution in [-0.4, -0.2) is 12.1 Å². The molecule has 1 aliphatic carbocycles. The summed E-state index contributed by atoms with van der Waals surface area (Å²) in [6, 6.07) is 10.1. The lowest BCUT2D eigenvalue weighted by Crippen LogP contribution is -2.48. The average molecular weight is 304 g/mol. The van der Waals surface area contributed by atoms with Crippen LogP contribution in [0.15, 0.2) is 30.3 Å². The highest BCUT2D eigenvalue weighted by Gasteiger charge is 2.23. The van der Waals surface area contributed by atoms with Crippen molar-refractivity contribution >= 4 is 6.09 Å². The molecule has 0 saturated heterocycles. The van der Waals surface area contributed by atoms with Gasteiger partial charge in [-0.05, 0) is 30.7 Å². The van der Waals surface area contributed by atoms with Gasteiger partial charge in [-0.15, -0.1) is 0 Å². The van der Waals surface area contributed by atoms with Crippen LogP contribution in [0.1, 0.15) is 57.4 Å². The van der Waals surface area contributed by atoms with Gasteiger partial charge in [0.05, 0.1) is 0 Å². The molecule has 4 heteroatoms. The molecular weight excluding hydrogens is 276 g/mol. The first-order valence-electron chi connectivity index (χ1n) is 8.52. The van der Waals surface area contributed by atoms with Crippen molar-refractivity contribution in [3.63, 3.8) is 0 Å². The number of carbonyl (C=O) groups excluding carboxylic acids is 1. The van der Waals surface area contributed by atoms with Gasteiger partial charge in [-0.3, -0.25) is 5.43 Å². The minimum absolute atomic E-state index is 0.302. The summed E-state index contributed by atoms with van der Waals surface area (Å²) >= 11 is 0. The average Bonchev–Trinajstić information content (AvgIpc) is 2.58. The molecule has 1 aromatic rings. The van der Waals surface area contributed by atoms with E-state index in [2.05, 4.69) is 17.8 Å². The van der Waals surface area contributed by atoms with Gasteiger partial charge in [0.15, 0.2) is 0 Å². The maximum atomic E-state index is 11.8. The van der Waals surface area contributed by atoms with E-state index >= 15 is 0 Å². The van der Waals surface area contributed by atoms with Gasteiger partial charge in [0, 0.05) is 6.04 Å². The first kappa shape index (κ1) is 16.8. The Balaban J connectivity index is 1.72. The second kappa shape index (κ2) is 9.46. The van der Waals surface area contributed by atoms with Crippen LogP contribution in [-0.2, 0) is 11.3 Å². The van der Waals surface area contributed by atoms with Gasteiger partial charge < -0.3 is 4.74 Å². The third-order valence-corrected chi connectivity index (χ3v) is 4.39. The molecule has 0 radical (unpaired) electrons. The number of hydrogen-bond donors (Lipinski definition) is 2. The minimum atomic E-state index is -0.402. The Kier molecular flexibility index (Phi) is 7.23. The standard InChI is InChI=1S/C18H28N2O2/c1-2-9-17(16-12-7-4-8-13-16)19-20-18(21)22-14-15-10-5-3-6-11-15/h3,5-6,10-11,16-17,19H,2,4,7-9,12-14H2,1H3,(H,20,21)/t17-/m1/s1. The molecule has 1 fully saturated rings. The number of ether oxygens (including phenoxy) is 1. The second-order valence-corrected chi connectivity index (χ2v) is 6.12. The van der Waals surface area contributed by atoms with Crippen molar-refractivity contribution in [3.8, 4) is 0 Å². The van der Waals surface area contributed by atoms with Crippen molar-refractivity contribution in [2.24, 2.45) is 5.92 Å². The van der Waals surface area contributed by atoms with Crippen LogP contribution in [0.25, 0.3) is 0 Å². The highest BCUT2D eigenvalue weighted by atomic mass is 16.6. The quantitative estimate of drug-likeness (QED) is 0.743. The molecule has 0 heterocycles.